The summed E-state index contributed by atoms with van der Waals surface area (Å²) in [5.74, 6) is 0.477. The summed E-state index contributed by atoms with van der Waals surface area (Å²) in [5, 5.41) is 3.52. The molecule has 0 bridgehead atoms. The zero-order valence-electron chi connectivity index (χ0n) is 12.3. The second-order valence-electron chi connectivity index (χ2n) is 4.97. The maximum atomic E-state index is 12.2. The highest BCUT2D eigenvalue weighted by Crippen LogP contribution is 2.23. The van der Waals surface area contributed by atoms with E-state index in [4.69, 9.17) is 16.3 Å². The summed E-state index contributed by atoms with van der Waals surface area (Å²) in [5.41, 5.74) is 2.71. The summed E-state index contributed by atoms with van der Waals surface area (Å²) in [6.07, 6.45) is -0.593. The van der Waals surface area contributed by atoms with Gasteiger partial charge in [-0.1, -0.05) is 29.8 Å². The smallest absolute Gasteiger partial charge is 0.265 e. The molecule has 2 rings (SSSR count). The lowest BCUT2D eigenvalue weighted by atomic mass is 10.2. The number of benzene rings is 2. The molecule has 21 heavy (non-hydrogen) atoms. The van der Waals surface area contributed by atoms with Crippen LogP contribution < -0.4 is 10.1 Å². The summed E-state index contributed by atoms with van der Waals surface area (Å²) in [6.45, 7) is 5.57. The minimum absolute atomic E-state index is 0.182. The number of halogens is 1. The molecule has 3 nitrogen and oxygen atoms in total. The number of carbonyl (C=O) groups is 1. The molecule has 0 radical (unpaired) electrons. The van der Waals surface area contributed by atoms with Crippen molar-refractivity contribution < 1.29 is 9.53 Å². The first kappa shape index (κ1) is 15.4. The van der Waals surface area contributed by atoms with Crippen LogP contribution in [0.15, 0.2) is 42.5 Å². The van der Waals surface area contributed by atoms with Gasteiger partial charge in [-0.2, -0.15) is 0 Å². The molecule has 0 heterocycles. The summed E-state index contributed by atoms with van der Waals surface area (Å²) in [4.78, 5) is 12.2. The average Bonchev–Trinajstić information content (AvgIpc) is 2.44. The van der Waals surface area contributed by atoms with Crippen LogP contribution in [0.25, 0.3) is 0 Å². The van der Waals surface area contributed by atoms with E-state index in [1.54, 1.807) is 19.1 Å². The lowest BCUT2D eigenvalue weighted by Gasteiger charge is -2.17. The van der Waals surface area contributed by atoms with Crippen molar-refractivity contribution in [3.8, 4) is 5.75 Å². The predicted molar refractivity (Wildman–Crippen MR) is 86.1 cm³/mol. The van der Waals surface area contributed by atoms with Gasteiger partial charge in [0.1, 0.15) is 5.75 Å². The lowest BCUT2D eigenvalue weighted by Crippen LogP contribution is -2.30. The van der Waals surface area contributed by atoms with E-state index >= 15 is 0 Å². The molecule has 1 amide bonds. The van der Waals surface area contributed by atoms with Crippen LogP contribution in [0.4, 0.5) is 5.69 Å². The van der Waals surface area contributed by atoms with E-state index in [0.29, 0.717) is 10.8 Å². The Kier molecular flexibility index (Phi) is 4.86. The minimum Gasteiger partial charge on any atom is -0.481 e. The maximum absolute atomic E-state index is 12.2. The van der Waals surface area contributed by atoms with Crippen LogP contribution in [-0.4, -0.2) is 12.0 Å². The van der Waals surface area contributed by atoms with E-state index in [-0.39, 0.29) is 5.91 Å². The average molecular weight is 304 g/mol. The van der Waals surface area contributed by atoms with Crippen molar-refractivity contribution in [2.45, 2.75) is 26.9 Å². The lowest BCUT2D eigenvalue weighted by molar-refractivity contribution is -0.122. The Morgan fingerprint density at radius 3 is 2.52 bits per heavy atom. The van der Waals surface area contributed by atoms with Gasteiger partial charge in [-0.15, -0.1) is 0 Å². The Balaban J connectivity index is 2.04. The molecule has 2 aromatic rings. The number of ether oxygens (including phenoxy) is 1. The predicted octanol–water partition coefficient (Wildman–Crippen LogP) is 4.36. The molecule has 0 spiro atoms. The van der Waals surface area contributed by atoms with Crippen molar-refractivity contribution in [1.82, 2.24) is 0 Å². The van der Waals surface area contributed by atoms with Crippen LogP contribution >= 0.6 is 11.6 Å². The molecule has 110 valence electrons. The van der Waals surface area contributed by atoms with Gasteiger partial charge in [0.2, 0.25) is 0 Å². The Bertz CT molecular complexity index is 655. The molecule has 1 atom stereocenters. The Morgan fingerprint density at radius 2 is 1.86 bits per heavy atom. The van der Waals surface area contributed by atoms with Gasteiger partial charge in [-0.3, -0.25) is 4.79 Å². The first-order valence-corrected chi connectivity index (χ1v) is 7.14. The molecule has 0 aliphatic rings. The number of para-hydroxylation sites is 1. The van der Waals surface area contributed by atoms with Gasteiger partial charge in [-0.25, -0.2) is 0 Å². The minimum atomic E-state index is -0.593. The molecule has 0 fully saturated rings. The van der Waals surface area contributed by atoms with Crippen molar-refractivity contribution >= 4 is 23.2 Å². The van der Waals surface area contributed by atoms with Gasteiger partial charge in [-0.05, 0) is 56.2 Å². The normalized spacial score (nSPS) is 11.8. The Labute approximate surface area is 129 Å². The number of hydrogen-bond acceptors (Lipinski definition) is 2. The molecule has 0 aliphatic heterocycles. The van der Waals surface area contributed by atoms with Crippen molar-refractivity contribution in [1.29, 1.82) is 0 Å². The van der Waals surface area contributed by atoms with Gasteiger partial charge < -0.3 is 10.1 Å². The van der Waals surface area contributed by atoms with Gasteiger partial charge in [0, 0.05) is 10.7 Å². The quantitative estimate of drug-likeness (QED) is 0.911. The van der Waals surface area contributed by atoms with E-state index in [1.807, 2.05) is 44.2 Å². The number of rotatable bonds is 4. The van der Waals surface area contributed by atoms with E-state index in [9.17, 15) is 4.79 Å². The van der Waals surface area contributed by atoms with Gasteiger partial charge in [0.05, 0.1) is 0 Å². The number of nitrogens with one attached hydrogen (secondary N) is 1. The fourth-order valence-electron chi connectivity index (χ4n) is 1.94. The Morgan fingerprint density at radius 1 is 1.14 bits per heavy atom. The van der Waals surface area contributed by atoms with Gasteiger partial charge >= 0.3 is 0 Å². The highest BCUT2D eigenvalue weighted by Gasteiger charge is 2.16. The maximum Gasteiger partial charge on any atom is 0.265 e. The highest BCUT2D eigenvalue weighted by molar-refractivity contribution is 6.30. The van der Waals surface area contributed by atoms with Crippen LogP contribution in [0.3, 0.4) is 0 Å². The summed E-state index contributed by atoms with van der Waals surface area (Å²) in [6, 6.07) is 13.0. The molecule has 0 aromatic heterocycles. The second kappa shape index (κ2) is 6.64. The van der Waals surface area contributed by atoms with Gasteiger partial charge in [0.15, 0.2) is 6.10 Å². The Hall–Kier alpha value is -2.00. The highest BCUT2D eigenvalue weighted by atomic mass is 35.5. The molecule has 0 saturated heterocycles. The third kappa shape index (κ3) is 3.99. The van der Waals surface area contributed by atoms with E-state index in [0.717, 1.165) is 16.8 Å². The first-order chi connectivity index (χ1) is 9.97. The number of anilines is 1. The fraction of sp³-hybridized carbons (Fsp3) is 0.235. The SMILES string of the molecule is Cc1ccccc1NC(=O)[C@H](C)Oc1ccc(Cl)cc1C. The number of carbonyl (C=O) groups excluding carboxylic acids is 1. The summed E-state index contributed by atoms with van der Waals surface area (Å²) in [7, 11) is 0. The zero-order valence-corrected chi connectivity index (χ0v) is 13.1. The third-order valence-corrected chi connectivity index (χ3v) is 3.45. The van der Waals surface area contributed by atoms with Gasteiger partial charge in [0.25, 0.3) is 5.91 Å². The number of hydrogen-bond donors (Lipinski definition) is 1. The van der Waals surface area contributed by atoms with Crippen molar-refractivity contribution in [3.05, 3.63) is 58.6 Å². The zero-order chi connectivity index (χ0) is 15.4. The fourth-order valence-corrected chi connectivity index (χ4v) is 2.16. The monoisotopic (exact) mass is 303 g/mol. The van der Waals surface area contributed by atoms with Crippen molar-refractivity contribution in [2.24, 2.45) is 0 Å². The molecule has 0 aliphatic carbocycles. The van der Waals surface area contributed by atoms with Crippen LogP contribution in [0.5, 0.6) is 5.75 Å². The van der Waals surface area contributed by atoms with E-state index in [1.165, 1.54) is 0 Å². The molecule has 4 heteroatoms. The van der Waals surface area contributed by atoms with Crippen LogP contribution in [0.1, 0.15) is 18.1 Å². The second-order valence-corrected chi connectivity index (χ2v) is 5.41. The van der Waals surface area contributed by atoms with E-state index in [2.05, 4.69) is 5.32 Å². The third-order valence-electron chi connectivity index (χ3n) is 3.21. The van der Waals surface area contributed by atoms with Crippen LogP contribution in [-0.2, 0) is 4.79 Å². The van der Waals surface area contributed by atoms with E-state index < -0.39 is 6.10 Å². The number of amides is 1. The molecule has 1 N–H and O–H groups in total. The molecule has 0 unspecified atom stereocenters. The molecule has 2 aromatic carbocycles. The molecular weight excluding hydrogens is 286 g/mol. The topological polar surface area (TPSA) is 38.3 Å². The summed E-state index contributed by atoms with van der Waals surface area (Å²) >= 11 is 5.91. The van der Waals surface area contributed by atoms with Crippen LogP contribution in [0.2, 0.25) is 5.02 Å². The first-order valence-electron chi connectivity index (χ1n) is 6.76. The van der Waals surface area contributed by atoms with Crippen LogP contribution in [0, 0.1) is 13.8 Å². The van der Waals surface area contributed by atoms with Crippen molar-refractivity contribution in [2.75, 3.05) is 5.32 Å². The summed E-state index contributed by atoms with van der Waals surface area (Å²) < 4.78 is 5.70. The molecule has 0 saturated carbocycles. The largest absolute Gasteiger partial charge is 0.481 e. The molecular formula is C17H18ClNO2. The number of aryl methyl sites for hydroxylation is 2. The van der Waals surface area contributed by atoms with Crippen molar-refractivity contribution in [3.63, 3.8) is 0 Å². The standard InChI is InChI=1S/C17H18ClNO2/c1-11-6-4-5-7-15(11)19-17(20)13(3)21-16-9-8-14(18)10-12(16)2/h4-10,13H,1-3H3,(H,19,20)/t13-/m0/s1.